The lowest BCUT2D eigenvalue weighted by Gasteiger charge is -2.28. The molecule has 0 N–H and O–H groups in total. The Kier molecular flexibility index (Phi) is 37.4. The molecule has 0 spiro atoms. The van der Waals surface area contributed by atoms with E-state index in [-0.39, 0.29) is 32.0 Å². The Bertz CT molecular complexity index is 954. The first-order valence-electron chi connectivity index (χ1n) is 22.9. The van der Waals surface area contributed by atoms with Gasteiger partial charge in [-0.3, -0.25) is 14.2 Å². The van der Waals surface area contributed by atoms with Gasteiger partial charge >= 0.3 is 11.9 Å². The van der Waals surface area contributed by atoms with E-state index in [2.05, 4.69) is 26.0 Å². The molecule has 0 aromatic rings. The molecule has 0 amide bonds. The highest BCUT2D eigenvalue weighted by Crippen LogP contribution is 2.38. The van der Waals surface area contributed by atoms with Crippen molar-refractivity contribution >= 4 is 19.8 Å². The Hall–Kier alpha value is -1.25. The number of unbranched alkanes of at least 4 members (excludes halogenated alkanes) is 26. The minimum Gasteiger partial charge on any atom is -0.756 e. The van der Waals surface area contributed by atoms with Gasteiger partial charge in [0, 0.05) is 12.8 Å². The molecule has 10 heteroatoms. The van der Waals surface area contributed by atoms with E-state index in [0.717, 1.165) is 51.4 Å². The Labute approximate surface area is 339 Å². The predicted molar refractivity (Wildman–Crippen MR) is 227 cm³/mol. The summed E-state index contributed by atoms with van der Waals surface area (Å²) >= 11 is 0. The minimum absolute atomic E-state index is 0.0288. The number of hydrogen-bond acceptors (Lipinski definition) is 8. The summed E-state index contributed by atoms with van der Waals surface area (Å²) in [6, 6.07) is 0. The van der Waals surface area contributed by atoms with Crippen LogP contribution < -0.4 is 4.89 Å². The van der Waals surface area contributed by atoms with Crippen LogP contribution in [-0.4, -0.2) is 70.0 Å². The third kappa shape index (κ3) is 42.2. The molecule has 0 aliphatic carbocycles. The highest BCUT2D eigenvalue weighted by Gasteiger charge is 2.21. The topological polar surface area (TPSA) is 111 Å². The van der Waals surface area contributed by atoms with Crippen molar-refractivity contribution in [1.82, 2.24) is 0 Å². The van der Waals surface area contributed by atoms with Gasteiger partial charge in [-0.05, 0) is 38.5 Å². The summed E-state index contributed by atoms with van der Waals surface area (Å²) in [6.45, 7) is 4.24. The van der Waals surface area contributed by atoms with Crippen LogP contribution in [0, 0.1) is 0 Å². The van der Waals surface area contributed by atoms with Crippen LogP contribution in [0.4, 0.5) is 0 Å². The molecule has 0 heterocycles. The molecule has 0 aliphatic rings. The van der Waals surface area contributed by atoms with E-state index in [1.165, 1.54) is 128 Å². The van der Waals surface area contributed by atoms with E-state index in [1.54, 1.807) is 0 Å². The monoisotopic (exact) mass is 802 g/mol. The molecule has 0 aliphatic heterocycles. The van der Waals surface area contributed by atoms with Gasteiger partial charge in [-0.2, -0.15) is 0 Å². The largest absolute Gasteiger partial charge is 0.756 e. The number of allylic oxidation sites excluding steroid dienone is 2. The van der Waals surface area contributed by atoms with Gasteiger partial charge in [-0.15, -0.1) is 0 Å². The number of quaternary nitrogens is 1. The lowest BCUT2D eigenvalue weighted by molar-refractivity contribution is -0.870. The van der Waals surface area contributed by atoms with Crippen molar-refractivity contribution in [1.29, 1.82) is 0 Å². The van der Waals surface area contributed by atoms with Crippen LogP contribution in [0.15, 0.2) is 12.2 Å². The lowest BCUT2D eigenvalue weighted by Crippen LogP contribution is -2.37. The molecule has 0 fully saturated rings. The van der Waals surface area contributed by atoms with E-state index < -0.39 is 26.5 Å². The van der Waals surface area contributed by atoms with Crippen LogP contribution in [0.5, 0.6) is 0 Å². The zero-order valence-electron chi connectivity index (χ0n) is 36.6. The second-order valence-corrected chi connectivity index (χ2v) is 18.2. The van der Waals surface area contributed by atoms with Gasteiger partial charge in [0.2, 0.25) is 0 Å². The number of phosphoric acid groups is 1. The second-order valence-electron chi connectivity index (χ2n) is 16.8. The fraction of sp³-hybridized carbons (Fsp3) is 0.911. The quantitative estimate of drug-likeness (QED) is 0.0197. The fourth-order valence-corrected chi connectivity index (χ4v) is 7.14. The van der Waals surface area contributed by atoms with Crippen molar-refractivity contribution in [3.8, 4) is 0 Å². The van der Waals surface area contributed by atoms with Crippen LogP contribution in [0.1, 0.15) is 213 Å². The number of carbonyl (C=O) groups excluding carboxylic acids is 2. The molecular weight excluding hydrogens is 713 g/mol. The number of phosphoric ester groups is 1. The molecule has 2 atom stereocenters. The van der Waals surface area contributed by atoms with Gasteiger partial charge in [0.15, 0.2) is 6.10 Å². The summed E-state index contributed by atoms with van der Waals surface area (Å²) < 4.78 is 33.9. The van der Waals surface area contributed by atoms with Gasteiger partial charge < -0.3 is 27.9 Å². The highest BCUT2D eigenvalue weighted by molar-refractivity contribution is 7.45. The van der Waals surface area contributed by atoms with E-state index in [9.17, 15) is 19.0 Å². The predicted octanol–water partition coefficient (Wildman–Crippen LogP) is 12.3. The Morgan fingerprint density at radius 3 is 1.35 bits per heavy atom. The normalized spacial score (nSPS) is 13.6. The molecule has 1 unspecified atom stereocenters. The number of likely N-dealkylation sites (N-methyl/N-ethyl adjacent to an activating group) is 1. The number of carbonyl (C=O) groups is 2. The van der Waals surface area contributed by atoms with Crippen LogP contribution in [0.2, 0.25) is 0 Å². The summed E-state index contributed by atoms with van der Waals surface area (Å²) in [6.07, 6.45) is 39.4. The van der Waals surface area contributed by atoms with Crippen molar-refractivity contribution in [3.05, 3.63) is 12.2 Å². The molecule has 0 saturated heterocycles. The van der Waals surface area contributed by atoms with Gasteiger partial charge in [0.05, 0.1) is 27.7 Å². The fourth-order valence-electron chi connectivity index (χ4n) is 6.41. The maximum absolute atomic E-state index is 12.7. The SMILES string of the molecule is CCCCCCC/C=C\CCCCCCCC(=O)OC[C@H](COP(=O)([O-])OCC[N+](C)(C)C)OC(=O)CCCCCCCCCCCCCCCCCCC. The van der Waals surface area contributed by atoms with Crippen molar-refractivity contribution in [2.75, 3.05) is 47.5 Å². The Morgan fingerprint density at radius 1 is 0.545 bits per heavy atom. The molecule has 0 rings (SSSR count). The highest BCUT2D eigenvalue weighted by atomic mass is 31.2. The first-order valence-corrected chi connectivity index (χ1v) is 24.4. The third-order valence-electron chi connectivity index (χ3n) is 10.0. The van der Waals surface area contributed by atoms with E-state index >= 15 is 0 Å². The van der Waals surface area contributed by atoms with E-state index in [1.807, 2.05) is 21.1 Å². The number of ether oxygens (including phenoxy) is 2. The van der Waals surface area contributed by atoms with Crippen molar-refractivity contribution in [3.63, 3.8) is 0 Å². The van der Waals surface area contributed by atoms with Crippen molar-refractivity contribution < 1.29 is 42.1 Å². The maximum Gasteiger partial charge on any atom is 0.306 e. The molecular formula is C45H88NO8P. The maximum atomic E-state index is 12.7. The first-order chi connectivity index (χ1) is 26.5. The summed E-state index contributed by atoms with van der Waals surface area (Å²) in [7, 11) is 1.17. The van der Waals surface area contributed by atoms with Crippen LogP contribution in [0.3, 0.4) is 0 Å². The first kappa shape index (κ1) is 53.8. The molecule has 0 bridgehead atoms. The summed E-state index contributed by atoms with van der Waals surface area (Å²) in [5, 5.41) is 0. The molecule has 0 aromatic carbocycles. The smallest absolute Gasteiger partial charge is 0.306 e. The Morgan fingerprint density at radius 2 is 0.927 bits per heavy atom. The number of rotatable bonds is 42. The number of nitrogens with zero attached hydrogens (tertiary/aromatic N) is 1. The molecule has 0 radical (unpaired) electrons. The molecule has 0 aromatic heterocycles. The van der Waals surface area contributed by atoms with Crippen LogP contribution >= 0.6 is 7.82 Å². The van der Waals surface area contributed by atoms with Gasteiger partial charge in [-0.1, -0.05) is 174 Å². The summed E-state index contributed by atoms with van der Waals surface area (Å²) in [4.78, 5) is 37.5. The average Bonchev–Trinajstić information content (AvgIpc) is 3.13. The summed E-state index contributed by atoms with van der Waals surface area (Å²) in [5.41, 5.74) is 0. The van der Waals surface area contributed by atoms with Gasteiger partial charge in [-0.25, -0.2) is 0 Å². The molecule has 326 valence electrons. The third-order valence-corrected chi connectivity index (χ3v) is 11.0. The molecule has 55 heavy (non-hydrogen) atoms. The number of esters is 2. The zero-order chi connectivity index (χ0) is 40.7. The number of hydrogen-bond donors (Lipinski definition) is 0. The second kappa shape index (κ2) is 38.3. The van der Waals surface area contributed by atoms with Crippen LogP contribution in [-0.2, 0) is 32.7 Å². The average molecular weight is 802 g/mol. The minimum atomic E-state index is -4.62. The standard InChI is InChI=1S/C45H88NO8P/c1-6-8-10-12-14-16-18-20-22-23-24-26-28-30-32-34-36-38-45(48)54-43(42-53-55(49,50)52-40-39-46(3,4)5)41-51-44(47)37-35-33-31-29-27-25-21-19-17-15-13-11-9-7-2/h19,21,43H,6-18,20,22-42H2,1-5H3/b21-19-/t43-/m1/s1. The van der Waals surface area contributed by atoms with Crippen molar-refractivity contribution in [2.24, 2.45) is 0 Å². The summed E-state index contributed by atoms with van der Waals surface area (Å²) in [5.74, 6) is -0.834. The molecule has 0 saturated carbocycles. The van der Waals surface area contributed by atoms with E-state index in [4.69, 9.17) is 18.5 Å². The van der Waals surface area contributed by atoms with Gasteiger partial charge in [0.25, 0.3) is 7.82 Å². The molecule has 9 nitrogen and oxygen atoms in total. The van der Waals surface area contributed by atoms with E-state index in [0.29, 0.717) is 17.4 Å². The van der Waals surface area contributed by atoms with Gasteiger partial charge in [0.1, 0.15) is 19.8 Å². The van der Waals surface area contributed by atoms with Crippen molar-refractivity contribution in [2.45, 2.75) is 219 Å². The van der Waals surface area contributed by atoms with Crippen LogP contribution in [0.25, 0.3) is 0 Å². The Balaban J connectivity index is 4.31. The lowest BCUT2D eigenvalue weighted by atomic mass is 10.0. The zero-order valence-corrected chi connectivity index (χ0v) is 37.5.